The molecule has 2 heterocycles. The van der Waals surface area contributed by atoms with Crippen molar-refractivity contribution >= 4 is 51.5 Å². The highest BCUT2D eigenvalue weighted by Crippen LogP contribution is 2.36. The van der Waals surface area contributed by atoms with E-state index in [1.807, 2.05) is 48.5 Å². The van der Waals surface area contributed by atoms with Crippen LogP contribution in [-0.4, -0.2) is 20.6 Å². The number of aromatic nitrogens is 1. The van der Waals surface area contributed by atoms with E-state index in [1.165, 1.54) is 10.5 Å². The van der Waals surface area contributed by atoms with Gasteiger partial charge in [0, 0.05) is 33.7 Å². The largest absolute Gasteiger partial charge is 0.340 e. The molecule has 0 spiro atoms. The van der Waals surface area contributed by atoms with E-state index in [4.69, 9.17) is 11.6 Å². The molecule has 3 aromatic carbocycles. The molecule has 0 atom stereocenters. The van der Waals surface area contributed by atoms with Crippen LogP contribution >= 0.6 is 23.4 Å². The molecule has 1 aliphatic heterocycles. The summed E-state index contributed by atoms with van der Waals surface area (Å²) < 4.78 is 2.26. The Morgan fingerprint density at radius 2 is 1.61 bits per heavy atom. The quantitative estimate of drug-likeness (QED) is 0.297. The summed E-state index contributed by atoms with van der Waals surface area (Å²) in [5, 5.41) is 1.38. The van der Waals surface area contributed by atoms with Crippen LogP contribution in [0.1, 0.15) is 22.4 Å². The summed E-state index contributed by atoms with van der Waals surface area (Å²) in [7, 11) is 0. The lowest BCUT2D eigenvalue weighted by molar-refractivity contribution is -0.123. The Morgan fingerprint density at radius 3 is 2.39 bits per heavy atom. The first-order chi connectivity index (χ1) is 16.0. The van der Waals surface area contributed by atoms with Gasteiger partial charge in [0.25, 0.3) is 11.1 Å². The standard InChI is InChI=1S/C27H21ClN2O2S/c1-18-23(22-12-5-6-13-24(22)29(18)16-19-8-3-2-4-9-19)15-25-26(31)30(27(32)33-25)17-20-10-7-11-21(28)14-20/h2-15H,16-17H2,1H3/b25-15-. The van der Waals surface area contributed by atoms with Crippen molar-refractivity contribution in [1.82, 2.24) is 9.47 Å². The van der Waals surface area contributed by atoms with Crippen molar-refractivity contribution in [2.45, 2.75) is 20.0 Å². The molecule has 0 bridgehead atoms. The van der Waals surface area contributed by atoms with Crippen molar-refractivity contribution in [2.24, 2.45) is 0 Å². The highest BCUT2D eigenvalue weighted by Gasteiger charge is 2.35. The molecule has 1 saturated heterocycles. The number of carbonyl (C=O) groups is 2. The smallest absolute Gasteiger partial charge is 0.293 e. The predicted molar refractivity (Wildman–Crippen MR) is 135 cm³/mol. The summed E-state index contributed by atoms with van der Waals surface area (Å²) >= 11 is 7.05. The highest BCUT2D eigenvalue weighted by molar-refractivity contribution is 8.18. The Balaban J connectivity index is 1.51. The molecule has 1 fully saturated rings. The summed E-state index contributed by atoms with van der Waals surface area (Å²) in [6, 6.07) is 25.7. The van der Waals surface area contributed by atoms with Gasteiger partial charge >= 0.3 is 0 Å². The second kappa shape index (κ2) is 8.93. The van der Waals surface area contributed by atoms with E-state index >= 15 is 0 Å². The van der Waals surface area contributed by atoms with Gasteiger partial charge in [-0.15, -0.1) is 0 Å². The van der Waals surface area contributed by atoms with Gasteiger partial charge in [-0.3, -0.25) is 14.5 Å². The fourth-order valence-electron chi connectivity index (χ4n) is 4.19. The monoisotopic (exact) mass is 472 g/mol. The molecule has 164 valence electrons. The number of nitrogens with zero attached hydrogens (tertiary/aromatic N) is 2. The first-order valence-corrected chi connectivity index (χ1v) is 11.8. The molecule has 5 rings (SSSR count). The van der Waals surface area contributed by atoms with Crippen molar-refractivity contribution in [3.8, 4) is 0 Å². The van der Waals surface area contributed by atoms with E-state index in [0.29, 0.717) is 9.93 Å². The Kier molecular flexibility index (Phi) is 5.83. The predicted octanol–water partition coefficient (Wildman–Crippen LogP) is 6.89. The second-order valence-electron chi connectivity index (χ2n) is 7.99. The molecule has 1 aliphatic rings. The molecule has 4 aromatic rings. The normalized spacial score (nSPS) is 15.2. The molecule has 0 saturated carbocycles. The van der Waals surface area contributed by atoms with Gasteiger partial charge in [0.15, 0.2) is 0 Å². The van der Waals surface area contributed by atoms with Crippen molar-refractivity contribution in [3.05, 3.63) is 111 Å². The molecular weight excluding hydrogens is 452 g/mol. The topological polar surface area (TPSA) is 42.3 Å². The van der Waals surface area contributed by atoms with Crippen LogP contribution in [0, 0.1) is 6.92 Å². The van der Waals surface area contributed by atoms with Crippen LogP contribution in [0.5, 0.6) is 0 Å². The van der Waals surface area contributed by atoms with E-state index in [0.717, 1.165) is 46.0 Å². The minimum Gasteiger partial charge on any atom is -0.340 e. The molecule has 0 unspecified atom stereocenters. The molecule has 2 amide bonds. The number of halogens is 1. The lowest BCUT2D eigenvalue weighted by atomic mass is 10.1. The zero-order valence-electron chi connectivity index (χ0n) is 18.0. The minimum absolute atomic E-state index is 0.206. The molecule has 6 heteroatoms. The van der Waals surface area contributed by atoms with Crippen molar-refractivity contribution in [1.29, 1.82) is 0 Å². The number of hydrogen-bond donors (Lipinski definition) is 0. The van der Waals surface area contributed by atoms with E-state index in [1.54, 1.807) is 12.1 Å². The third kappa shape index (κ3) is 4.22. The Labute approximate surface area is 201 Å². The maximum absolute atomic E-state index is 13.1. The summed E-state index contributed by atoms with van der Waals surface area (Å²) in [6.07, 6.45) is 1.86. The van der Waals surface area contributed by atoms with E-state index < -0.39 is 0 Å². The number of hydrogen-bond acceptors (Lipinski definition) is 3. The molecule has 0 radical (unpaired) electrons. The summed E-state index contributed by atoms with van der Waals surface area (Å²) in [4.78, 5) is 27.5. The van der Waals surface area contributed by atoms with Crippen LogP contribution in [0.25, 0.3) is 17.0 Å². The first-order valence-electron chi connectivity index (χ1n) is 10.6. The summed E-state index contributed by atoms with van der Waals surface area (Å²) in [5.41, 5.74) is 5.15. The number of rotatable bonds is 5. The second-order valence-corrected chi connectivity index (χ2v) is 9.42. The van der Waals surface area contributed by atoms with Crippen molar-refractivity contribution in [3.63, 3.8) is 0 Å². The van der Waals surface area contributed by atoms with Crippen molar-refractivity contribution < 1.29 is 9.59 Å². The number of imide groups is 1. The molecule has 0 aliphatic carbocycles. The van der Waals surface area contributed by atoms with Gasteiger partial charge in [-0.05, 0) is 54.1 Å². The molecular formula is C27H21ClN2O2S. The molecule has 0 N–H and O–H groups in total. The Morgan fingerprint density at radius 1 is 0.879 bits per heavy atom. The lowest BCUT2D eigenvalue weighted by Gasteiger charge is -2.12. The Hall–Kier alpha value is -3.28. The third-order valence-corrected chi connectivity index (χ3v) is 6.98. The van der Waals surface area contributed by atoms with Crippen molar-refractivity contribution in [2.75, 3.05) is 0 Å². The maximum Gasteiger partial charge on any atom is 0.293 e. The molecule has 1 aromatic heterocycles. The number of fused-ring (bicyclic) bond motifs is 1. The number of benzene rings is 3. The average Bonchev–Trinajstić information content (AvgIpc) is 3.23. The van der Waals surface area contributed by atoms with Crippen LogP contribution in [-0.2, 0) is 17.9 Å². The fourth-order valence-corrected chi connectivity index (χ4v) is 5.23. The van der Waals surface area contributed by atoms with Gasteiger partial charge in [0.1, 0.15) is 0 Å². The number of thioether (sulfide) groups is 1. The molecule has 4 nitrogen and oxygen atoms in total. The SMILES string of the molecule is Cc1c(/C=C2\SC(=O)N(Cc3cccc(Cl)c3)C2=O)c2ccccc2n1Cc1ccccc1. The first kappa shape index (κ1) is 21.6. The van der Waals surface area contributed by atoms with Crippen LogP contribution in [0.2, 0.25) is 5.02 Å². The highest BCUT2D eigenvalue weighted by atomic mass is 35.5. The van der Waals surface area contributed by atoms with Crippen LogP contribution in [0.15, 0.2) is 83.8 Å². The van der Waals surface area contributed by atoms with Crippen LogP contribution in [0.3, 0.4) is 0 Å². The zero-order valence-corrected chi connectivity index (χ0v) is 19.6. The van der Waals surface area contributed by atoms with Gasteiger partial charge < -0.3 is 4.57 Å². The summed E-state index contributed by atoms with van der Waals surface area (Å²) in [5.74, 6) is -0.274. The van der Waals surface area contributed by atoms with E-state index in [9.17, 15) is 9.59 Å². The minimum atomic E-state index is -0.274. The Bertz CT molecular complexity index is 1410. The van der Waals surface area contributed by atoms with Crippen LogP contribution < -0.4 is 0 Å². The third-order valence-electron chi connectivity index (χ3n) is 5.84. The average molecular weight is 473 g/mol. The number of amides is 2. The van der Waals surface area contributed by atoms with Crippen LogP contribution in [0.4, 0.5) is 4.79 Å². The number of carbonyl (C=O) groups excluding carboxylic acids is 2. The fraction of sp³-hybridized carbons (Fsp3) is 0.111. The van der Waals surface area contributed by atoms with Gasteiger partial charge in [-0.1, -0.05) is 72.3 Å². The zero-order chi connectivity index (χ0) is 22.9. The maximum atomic E-state index is 13.1. The van der Waals surface area contributed by atoms with E-state index in [2.05, 4.69) is 35.8 Å². The van der Waals surface area contributed by atoms with Gasteiger partial charge in [-0.25, -0.2) is 0 Å². The van der Waals surface area contributed by atoms with E-state index in [-0.39, 0.29) is 17.7 Å². The van der Waals surface area contributed by atoms with Gasteiger partial charge in [-0.2, -0.15) is 0 Å². The number of para-hydroxylation sites is 1. The lowest BCUT2D eigenvalue weighted by Crippen LogP contribution is -2.27. The summed E-state index contributed by atoms with van der Waals surface area (Å²) in [6.45, 7) is 3.00. The molecule has 33 heavy (non-hydrogen) atoms. The van der Waals surface area contributed by atoms with Gasteiger partial charge in [0.2, 0.25) is 0 Å². The van der Waals surface area contributed by atoms with Gasteiger partial charge in [0.05, 0.1) is 11.4 Å².